The largest absolute Gasteiger partial charge is 0.439 e. The average molecular weight is 304 g/mol. The van der Waals surface area contributed by atoms with Crippen LogP contribution in [0.1, 0.15) is 45.6 Å². The minimum absolute atomic E-state index is 0.0638. The summed E-state index contributed by atoms with van der Waals surface area (Å²) < 4.78 is 10.8. The van der Waals surface area contributed by atoms with E-state index in [9.17, 15) is 4.79 Å². The van der Waals surface area contributed by atoms with Gasteiger partial charge in [-0.1, -0.05) is 26.8 Å². The molecule has 22 heavy (non-hydrogen) atoms. The molecule has 2 aromatic rings. The summed E-state index contributed by atoms with van der Waals surface area (Å²) in [4.78, 5) is 16.1. The van der Waals surface area contributed by atoms with Crippen molar-refractivity contribution in [2.75, 3.05) is 13.2 Å². The Hall–Kier alpha value is -1.88. The summed E-state index contributed by atoms with van der Waals surface area (Å²) in [5.74, 6) is 0.455. The van der Waals surface area contributed by atoms with Gasteiger partial charge in [-0.15, -0.1) is 0 Å². The lowest BCUT2D eigenvalue weighted by molar-refractivity contribution is -0.122. The molecule has 0 fully saturated rings. The number of oxazole rings is 1. The van der Waals surface area contributed by atoms with Gasteiger partial charge >= 0.3 is 0 Å². The molecule has 0 radical (unpaired) electrons. The van der Waals surface area contributed by atoms with Crippen molar-refractivity contribution in [1.82, 2.24) is 10.3 Å². The lowest BCUT2D eigenvalue weighted by atomic mass is 9.87. The van der Waals surface area contributed by atoms with E-state index in [1.165, 1.54) is 5.56 Å². The van der Waals surface area contributed by atoms with Crippen molar-refractivity contribution in [2.24, 2.45) is 0 Å². The highest BCUT2D eigenvalue weighted by molar-refractivity contribution is 5.76. The number of carbonyl (C=O) groups is 1. The Kier molecular flexibility index (Phi) is 5.19. The van der Waals surface area contributed by atoms with Gasteiger partial charge in [0.15, 0.2) is 5.58 Å². The number of carbonyl (C=O) groups excluding carboxylic acids is 1. The van der Waals surface area contributed by atoms with Crippen LogP contribution < -0.4 is 5.32 Å². The fraction of sp³-hybridized carbons (Fsp3) is 0.529. The highest BCUT2D eigenvalue weighted by Gasteiger charge is 2.16. The molecular formula is C17H24N2O3. The second-order valence-corrected chi connectivity index (χ2v) is 6.26. The molecule has 0 spiro atoms. The number of ether oxygens (including phenoxy) is 1. The fourth-order valence-electron chi connectivity index (χ4n) is 2.09. The highest BCUT2D eigenvalue weighted by Crippen LogP contribution is 2.26. The second-order valence-electron chi connectivity index (χ2n) is 6.26. The van der Waals surface area contributed by atoms with E-state index in [2.05, 4.69) is 37.1 Å². The zero-order chi connectivity index (χ0) is 16.2. The van der Waals surface area contributed by atoms with E-state index >= 15 is 0 Å². The van der Waals surface area contributed by atoms with Gasteiger partial charge in [0.05, 0.1) is 13.2 Å². The van der Waals surface area contributed by atoms with Gasteiger partial charge in [-0.05, 0) is 30.0 Å². The van der Waals surface area contributed by atoms with Crippen molar-refractivity contribution in [1.29, 1.82) is 0 Å². The van der Waals surface area contributed by atoms with Crippen LogP contribution in [0, 0.1) is 0 Å². The predicted molar refractivity (Wildman–Crippen MR) is 85.7 cm³/mol. The number of nitrogens with one attached hydrogen (secondary N) is 1. The molecule has 0 aliphatic carbocycles. The first kappa shape index (κ1) is 16.5. The molecular weight excluding hydrogens is 280 g/mol. The molecule has 2 rings (SSSR count). The summed E-state index contributed by atoms with van der Waals surface area (Å²) in [5, 5.41) is 2.79. The number of amides is 1. The van der Waals surface area contributed by atoms with Crippen LogP contribution >= 0.6 is 0 Å². The first-order chi connectivity index (χ1) is 10.4. The number of fused-ring (bicyclic) bond motifs is 1. The molecule has 1 amide bonds. The number of hydrogen-bond acceptors (Lipinski definition) is 4. The van der Waals surface area contributed by atoms with Crippen LogP contribution in [0.2, 0.25) is 0 Å². The molecule has 1 aromatic heterocycles. The lowest BCUT2D eigenvalue weighted by Crippen LogP contribution is -2.24. The van der Waals surface area contributed by atoms with Crippen LogP contribution in [0.4, 0.5) is 0 Å². The number of rotatable bonds is 6. The molecule has 5 heteroatoms. The lowest BCUT2D eigenvalue weighted by Gasteiger charge is -2.18. The molecule has 1 aromatic carbocycles. The summed E-state index contributed by atoms with van der Waals surface area (Å²) in [6.07, 6.45) is 0.349. The van der Waals surface area contributed by atoms with Crippen LogP contribution in [0.3, 0.4) is 0 Å². The topological polar surface area (TPSA) is 64.4 Å². The van der Waals surface area contributed by atoms with Gasteiger partial charge in [-0.2, -0.15) is 0 Å². The molecule has 1 N–H and O–H groups in total. The van der Waals surface area contributed by atoms with Crippen LogP contribution in [0.25, 0.3) is 11.1 Å². The van der Waals surface area contributed by atoms with Gasteiger partial charge in [0.1, 0.15) is 5.52 Å². The Labute approximate surface area is 131 Å². The van der Waals surface area contributed by atoms with E-state index in [1.807, 2.05) is 19.1 Å². The SMILES string of the molecule is CCOCCC(=O)NCc1nc2cc(C(C)(C)C)ccc2o1. The minimum Gasteiger partial charge on any atom is -0.439 e. The third-order valence-electron chi connectivity index (χ3n) is 3.41. The van der Waals surface area contributed by atoms with Gasteiger partial charge in [0, 0.05) is 13.0 Å². The van der Waals surface area contributed by atoms with Crippen molar-refractivity contribution in [3.05, 3.63) is 29.7 Å². The van der Waals surface area contributed by atoms with Gasteiger partial charge in [0.2, 0.25) is 11.8 Å². The molecule has 0 saturated heterocycles. The Balaban J connectivity index is 1.99. The maximum atomic E-state index is 11.6. The van der Waals surface area contributed by atoms with Crippen molar-refractivity contribution in [2.45, 2.75) is 46.1 Å². The van der Waals surface area contributed by atoms with E-state index in [1.54, 1.807) is 0 Å². The van der Waals surface area contributed by atoms with Crippen molar-refractivity contribution < 1.29 is 13.9 Å². The van der Waals surface area contributed by atoms with E-state index in [-0.39, 0.29) is 11.3 Å². The summed E-state index contributed by atoms with van der Waals surface area (Å²) in [5.41, 5.74) is 2.85. The molecule has 1 heterocycles. The van der Waals surface area contributed by atoms with Crippen LogP contribution in [-0.2, 0) is 21.5 Å². The Morgan fingerprint density at radius 2 is 2.14 bits per heavy atom. The smallest absolute Gasteiger partial charge is 0.222 e. The number of hydrogen-bond donors (Lipinski definition) is 1. The van der Waals surface area contributed by atoms with E-state index in [0.717, 1.165) is 11.1 Å². The Morgan fingerprint density at radius 3 is 2.82 bits per heavy atom. The molecule has 0 saturated carbocycles. The zero-order valence-corrected chi connectivity index (χ0v) is 13.7. The normalized spacial score (nSPS) is 11.8. The first-order valence-corrected chi connectivity index (χ1v) is 7.64. The van der Waals surface area contributed by atoms with Crippen molar-refractivity contribution >= 4 is 17.0 Å². The molecule has 0 atom stereocenters. The third kappa shape index (κ3) is 4.31. The van der Waals surface area contributed by atoms with Gasteiger partial charge in [-0.3, -0.25) is 4.79 Å². The molecule has 0 aliphatic heterocycles. The monoisotopic (exact) mass is 304 g/mol. The average Bonchev–Trinajstić information content (AvgIpc) is 2.86. The summed E-state index contributed by atoms with van der Waals surface area (Å²) in [6, 6.07) is 6.03. The third-order valence-corrected chi connectivity index (χ3v) is 3.41. The van der Waals surface area contributed by atoms with E-state index in [0.29, 0.717) is 32.1 Å². The number of aromatic nitrogens is 1. The van der Waals surface area contributed by atoms with Gasteiger partial charge < -0.3 is 14.5 Å². The Morgan fingerprint density at radius 1 is 1.36 bits per heavy atom. The van der Waals surface area contributed by atoms with Crippen LogP contribution in [-0.4, -0.2) is 24.1 Å². The minimum atomic E-state index is -0.0638. The molecule has 120 valence electrons. The van der Waals surface area contributed by atoms with E-state index in [4.69, 9.17) is 9.15 Å². The van der Waals surface area contributed by atoms with Gasteiger partial charge in [0.25, 0.3) is 0 Å². The van der Waals surface area contributed by atoms with Crippen molar-refractivity contribution in [3.8, 4) is 0 Å². The molecule has 0 aliphatic rings. The van der Waals surface area contributed by atoms with Crippen molar-refractivity contribution in [3.63, 3.8) is 0 Å². The van der Waals surface area contributed by atoms with Crippen LogP contribution in [0.15, 0.2) is 22.6 Å². The predicted octanol–water partition coefficient (Wildman–Crippen LogP) is 3.17. The Bertz CT molecular complexity index is 641. The molecule has 0 unspecified atom stereocenters. The highest BCUT2D eigenvalue weighted by atomic mass is 16.5. The number of benzene rings is 1. The summed E-state index contributed by atoms with van der Waals surface area (Å²) >= 11 is 0. The second kappa shape index (κ2) is 6.92. The quantitative estimate of drug-likeness (QED) is 0.833. The molecule has 5 nitrogen and oxygen atoms in total. The maximum absolute atomic E-state index is 11.6. The zero-order valence-electron chi connectivity index (χ0n) is 13.7. The van der Waals surface area contributed by atoms with Gasteiger partial charge in [-0.25, -0.2) is 4.98 Å². The summed E-state index contributed by atoms with van der Waals surface area (Å²) in [6.45, 7) is 9.74. The summed E-state index contributed by atoms with van der Waals surface area (Å²) in [7, 11) is 0. The molecule has 0 bridgehead atoms. The standard InChI is InChI=1S/C17H24N2O3/c1-5-21-9-8-15(20)18-11-16-19-13-10-12(17(2,3)4)6-7-14(13)22-16/h6-7,10H,5,8-9,11H2,1-4H3,(H,18,20). The van der Waals surface area contributed by atoms with Crippen LogP contribution in [0.5, 0.6) is 0 Å². The first-order valence-electron chi connectivity index (χ1n) is 7.64. The maximum Gasteiger partial charge on any atom is 0.222 e. The number of nitrogens with zero attached hydrogens (tertiary/aromatic N) is 1. The fourth-order valence-corrected chi connectivity index (χ4v) is 2.09. The van der Waals surface area contributed by atoms with E-state index < -0.39 is 0 Å².